The largest absolute Gasteiger partial charge is 0.434 e. The Morgan fingerprint density at radius 3 is 2.81 bits per heavy atom. The van der Waals surface area contributed by atoms with Crippen LogP contribution in [0.25, 0.3) is 0 Å². The van der Waals surface area contributed by atoms with Crippen LogP contribution in [0.15, 0.2) is 24.3 Å². The van der Waals surface area contributed by atoms with Crippen molar-refractivity contribution in [1.29, 1.82) is 0 Å². The van der Waals surface area contributed by atoms with Gasteiger partial charge in [-0.15, -0.1) is 11.6 Å². The molecule has 1 unspecified atom stereocenters. The lowest BCUT2D eigenvalue weighted by molar-refractivity contribution is -0.0503. The van der Waals surface area contributed by atoms with E-state index >= 15 is 0 Å². The van der Waals surface area contributed by atoms with Crippen LogP contribution in [0.3, 0.4) is 0 Å². The van der Waals surface area contributed by atoms with Gasteiger partial charge in [0.15, 0.2) is 0 Å². The molecule has 1 aliphatic heterocycles. The number of rotatable bonds is 4. The summed E-state index contributed by atoms with van der Waals surface area (Å²) in [5.41, 5.74) is 0.162. The zero-order valence-corrected chi connectivity index (χ0v) is 12.4. The van der Waals surface area contributed by atoms with Gasteiger partial charge in [-0.1, -0.05) is 25.0 Å². The molecule has 21 heavy (non-hydrogen) atoms. The zero-order valence-electron chi connectivity index (χ0n) is 11.6. The van der Waals surface area contributed by atoms with Crippen molar-refractivity contribution < 1.29 is 18.3 Å². The third-order valence-electron chi connectivity index (χ3n) is 3.65. The first-order chi connectivity index (χ1) is 10.1. The highest BCUT2D eigenvalue weighted by atomic mass is 35.5. The quantitative estimate of drug-likeness (QED) is 0.788. The van der Waals surface area contributed by atoms with Gasteiger partial charge in [0.2, 0.25) is 0 Å². The molecule has 0 aliphatic carbocycles. The molecule has 1 heterocycles. The molecule has 116 valence electrons. The summed E-state index contributed by atoms with van der Waals surface area (Å²) in [6.45, 7) is -2.36. The molecule has 0 bridgehead atoms. The number of alkyl halides is 3. The summed E-state index contributed by atoms with van der Waals surface area (Å²) in [5.74, 6) is -0.0299. The monoisotopic (exact) mass is 317 g/mol. The first-order valence-electron chi connectivity index (χ1n) is 7.04. The molecule has 1 aliphatic rings. The molecule has 2 rings (SSSR count). The Morgan fingerprint density at radius 1 is 1.33 bits per heavy atom. The van der Waals surface area contributed by atoms with Crippen LogP contribution in [0.1, 0.15) is 36.0 Å². The fourth-order valence-electron chi connectivity index (χ4n) is 2.60. The molecule has 0 saturated carbocycles. The van der Waals surface area contributed by atoms with Gasteiger partial charge in [-0.05, 0) is 25.0 Å². The predicted octanol–water partition coefficient (Wildman–Crippen LogP) is 3.91. The maximum absolute atomic E-state index is 12.7. The molecule has 0 aromatic heterocycles. The van der Waals surface area contributed by atoms with E-state index in [0.717, 1.165) is 25.7 Å². The van der Waals surface area contributed by atoms with Gasteiger partial charge in [0, 0.05) is 18.5 Å². The summed E-state index contributed by atoms with van der Waals surface area (Å²) in [7, 11) is 0. The van der Waals surface area contributed by atoms with Crippen LogP contribution in [0.5, 0.6) is 5.75 Å². The molecule has 6 heteroatoms. The number of carbonyl (C=O) groups excluding carboxylic acids is 1. The van der Waals surface area contributed by atoms with E-state index in [-0.39, 0.29) is 23.3 Å². The first kappa shape index (κ1) is 16.0. The van der Waals surface area contributed by atoms with Crippen LogP contribution in [-0.2, 0) is 0 Å². The number of nitrogens with zero attached hydrogens (tertiary/aromatic N) is 1. The number of hydrogen-bond donors (Lipinski definition) is 0. The van der Waals surface area contributed by atoms with Gasteiger partial charge in [-0.3, -0.25) is 4.79 Å². The van der Waals surface area contributed by atoms with E-state index in [0.29, 0.717) is 12.4 Å². The Morgan fingerprint density at radius 2 is 2.10 bits per heavy atom. The number of benzene rings is 1. The number of amides is 1. The van der Waals surface area contributed by atoms with Gasteiger partial charge in [0.05, 0.1) is 5.56 Å². The summed E-state index contributed by atoms with van der Waals surface area (Å²) >= 11 is 5.96. The summed E-state index contributed by atoms with van der Waals surface area (Å²) in [6.07, 6.45) is 3.81. The third kappa shape index (κ3) is 4.06. The molecule has 0 spiro atoms. The zero-order chi connectivity index (χ0) is 15.2. The van der Waals surface area contributed by atoms with Gasteiger partial charge in [-0.25, -0.2) is 0 Å². The Kier molecular flexibility index (Phi) is 5.79. The Bertz CT molecular complexity index is 484. The minimum absolute atomic E-state index is 0.0544. The lowest BCUT2D eigenvalue weighted by atomic mass is 10.1. The van der Waals surface area contributed by atoms with Crippen molar-refractivity contribution in [1.82, 2.24) is 4.90 Å². The topological polar surface area (TPSA) is 29.5 Å². The fraction of sp³-hybridized carbons (Fsp3) is 0.533. The van der Waals surface area contributed by atoms with Crippen molar-refractivity contribution in [2.75, 3.05) is 12.4 Å². The van der Waals surface area contributed by atoms with Crippen LogP contribution >= 0.6 is 11.6 Å². The predicted molar refractivity (Wildman–Crippen MR) is 77.1 cm³/mol. The second-order valence-electron chi connectivity index (χ2n) is 5.03. The number of ether oxygens (including phenoxy) is 1. The SMILES string of the molecule is O=C(c1ccccc1OC(F)F)N1CCCCCC1CCl. The van der Waals surface area contributed by atoms with Gasteiger partial charge in [-0.2, -0.15) is 8.78 Å². The standard InChI is InChI=1S/C15H18ClF2NO2/c16-10-11-6-2-1-5-9-19(11)14(20)12-7-3-4-8-13(12)21-15(17)18/h3-4,7-8,11,15H,1-2,5-6,9-10H2. The number of likely N-dealkylation sites (tertiary alicyclic amines) is 1. The van der Waals surface area contributed by atoms with Crippen LogP contribution in [0, 0.1) is 0 Å². The van der Waals surface area contributed by atoms with Gasteiger partial charge < -0.3 is 9.64 Å². The highest BCUT2D eigenvalue weighted by Gasteiger charge is 2.27. The van der Waals surface area contributed by atoms with Crippen molar-refractivity contribution >= 4 is 17.5 Å². The fourth-order valence-corrected chi connectivity index (χ4v) is 2.92. The smallest absolute Gasteiger partial charge is 0.387 e. The molecule has 1 fully saturated rings. The van der Waals surface area contributed by atoms with E-state index in [9.17, 15) is 13.6 Å². The molecular weight excluding hydrogens is 300 g/mol. The average Bonchev–Trinajstić information content (AvgIpc) is 2.71. The number of halogens is 3. The van der Waals surface area contributed by atoms with Crippen molar-refractivity contribution in [2.45, 2.75) is 38.3 Å². The number of hydrogen-bond acceptors (Lipinski definition) is 2. The van der Waals surface area contributed by atoms with Crippen molar-refractivity contribution in [3.63, 3.8) is 0 Å². The molecule has 1 aromatic carbocycles. The molecule has 3 nitrogen and oxygen atoms in total. The van der Waals surface area contributed by atoms with E-state index in [1.807, 2.05) is 0 Å². The van der Waals surface area contributed by atoms with Gasteiger partial charge >= 0.3 is 6.61 Å². The van der Waals surface area contributed by atoms with Crippen LogP contribution < -0.4 is 4.74 Å². The third-order valence-corrected chi connectivity index (χ3v) is 4.01. The molecule has 1 atom stereocenters. The first-order valence-corrected chi connectivity index (χ1v) is 7.57. The Balaban J connectivity index is 2.25. The van der Waals surface area contributed by atoms with Crippen molar-refractivity contribution in [2.24, 2.45) is 0 Å². The summed E-state index contributed by atoms with van der Waals surface area (Å²) < 4.78 is 29.3. The van der Waals surface area contributed by atoms with E-state index in [1.165, 1.54) is 12.1 Å². The van der Waals surface area contributed by atoms with E-state index < -0.39 is 6.61 Å². The summed E-state index contributed by atoms with van der Waals surface area (Å²) in [4.78, 5) is 14.4. The lowest BCUT2D eigenvalue weighted by Crippen LogP contribution is -2.41. The van der Waals surface area contributed by atoms with Gasteiger partial charge in [0.25, 0.3) is 5.91 Å². The minimum atomic E-state index is -2.95. The maximum atomic E-state index is 12.7. The molecule has 1 saturated heterocycles. The highest BCUT2D eigenvalue weighted by Crippen LogP contribution is 2.26. The highest BCUT2D eigenvalue weighted by molar-refractivity contribution is 6.18. The number of para-hydroxylation sites is 1. The van der Waals surface area contributed by atoms with Crippen LogP contribution in [-0.4, -0.2) is 35.9 Å². The second kappa shape index (κ2) is 7.59. The molecule has 0 N–H and O–H groups in total. The average molecular weight is 318 g/mol. The second-order valence-corrected chi connectivity index (χ2v) is 5.34. The van der Waals surface area contributed by atoms with E-state index in [2.05, 4.69) is 4.74 Å². The van der Waals surface area contributed by atoms with Crippen LogP contribution in [0.2, 0.25) is 0 Å². The molecule has 1 amide bonds. The molecular formula is C15H18ClF2NO2. The lowest BCUT2D eigenvalue weighted by Gasteiger charge is -2.29. The maximum Gasteiger partial charge on any atom is 0.387 e. The van der Waals surface area contributed by atoms with Crippen molar-refractivity contribution in [3.8, 4) is 5.75 Å². The van der Waals surface area contributed by atoms with Crippen molar-refractivity contribution in [3.05, 3.63) is 29.8 Å². The minimum Gasteiger partial charge on any atom is -0.434 e. The van der Waals surface area contributed by atoms with E-state index in [1.54, 1.807) is 17.0 Å². The van der Waals surface area contributed by atoms with E-state index in [4.69, 9.17) is 11.6 Å². The molecule has 1 aromatic rings. The molecule has 0 radical (unpaired) electrons. The normalized spacial score (nSPS) is 19.4. The van der Waals surface area contributed by atoms with Gasteiger partial charge in [0.1, 0.15) is 5.75 Å². The Labute approximate surface area is 127 Å². The summed E-state index contributed by atoms with van der Waals surface area (Å²) in [6, 6.07) is 6.04. The van der Waals surface area contributed by atoms with Crippen LogP contribution in [0.4, 0.5) is 8.78 Å². The number of carbonyl (C=O) groups is 1. The summed E-state index contributed by atoms with van der Waals surface area (Å²) in [5, 5.41) is 0. The Hall–Kier alpha value is -1.36.